The van der Waals surface area contributed by atoms with Crippen LogP contribution in [0.2, 0.25) is 5.02 Å². The zero-order chi connectivity index (χ0) is 18.4. The minimum atomic E-state index is -3.41. The fourth-order valence-electron chi connectivity index (χ4n) is 2.36. The normalized spacial score (nSPS) is 11.5. The summed E-state index contributed by atoms with van der Waals surface area (Å²) in [5, 5.41) is 3.31. The number of benzene rings is 2. The van der Waals surface area contributed by atoms with E-state index >= 15 is 0 Å². The smallest absolute Gasteiger partial charge is 0.225 e. The Morgan fingerprint density at radius 2 is 1.84 bits per heavy atom. The fourth-order valence-corrected chi connectivity index (χ4v) is 3.29. The Kier molecular flexibility index (Phi) is 6.58. The van der Waals surface area contributed by atoms with Crippen molar-refractivity contribution in [2.24, 2.45) is 0 Å². The molecule has 5 nitrogen and oxygen atoms in total. The molecule has 25 heavy (non-hydrogen) atoms. The van der Waals surface area contributed by atoms with Gasteiger partial charge in [0.1, 0.15) is 0 Å². The topological polar surface area (TPSA) is 66.5 Å². The third-order valence-electron chi connectivity index (χ3n) is 3.63. The average Bonchev–Trinajstić information content (AvgIpc) is 2.52. The molecule has 0 aliphatic heterocycles. The average molecular weight is 381 g/mol. The molecule has 0 spiro atoms. The molecule has 134 valence electrons. The number of halogens is 1. The minimum Gasteiger partial charge on any atom is -0.326 e. The van der Waals surface area contributed by atoms with E-state index in [1.165, 1.54) is 4.31 Å². The van der Waals surface area contributed by atoms with E-state index in [0.29, 0.717) is 10.7 Å². The van der Waals surface area contributed by atoms with Crippen molar-refractivity contribution >= 4 is 33.2 Å². The molecular formula is C18H21ClN2O3S. The van der Waals surface area contributed by atoms with Crippen molar-refractivity contribution in [2.45, 2.75) is 19.9 Å². The molecule has 2 aromatic rings. The molecule has 2 rings (SSSR count). The Bertz CT molecular complexity index is 836. The lowest BCUT2D eigenvalue weighted by atomic mass is 10.1. The van der Waals surface area contributed by atoms with Crippen molar-refractivity contribution in [2.75, 3.05) is 18.1 Å². The van der Waals surface area contributed by atoms with E-state index in [1.54, 1.807) is 24.3 Å². The molecule has 0 saturated heterocycles. The number of carbonyl (C=O) groups excluding carboxylic acids is 1. The van der Waals surface area contributed by atoms with Gasteiger partial charge in [0.15, 0.2) is 0 Å². The van der Waals surface area contributed by atoms with Gasteiger partial charge in [-0.2, -0.15) is 4.31 Å². The molecule has 1 N–H and O–H groups in total. The Labute approximate surface area is 153 Å². The van der Waals surface area contributed by atoms with E-state index in [-0.39, 0.29) is 25.4 Å². The molecule has 2 aromatic carbocycles. The zero-order valence-corrected chi connectivity index (χ0v) is 15.8. The number of sulfonamides is 1. The number of amides is 1. The summed E-state index contributed by atoms with van der Waals surface area (Å²) < 4.78 is 25.3. The van der Waals surface area contributed by atoms with Crippen LogP contribution >= 0.6 is 11.6 Å². The summed E-state index contributed by atoms with van der Waals surface area (Å²) in [5.74, 6) is -0.250. The highest BCUT2D eigenvalue weighted by Crippen LogP contribution is 2.14. The monoisotopic (exact) mass is 380 g/mol. The molecule has 0 unspecified atom stereocenters. The molecule has 0 fully saturated rings. The van der Waals surface area contributed by atoms with Gasteiger partial charge in [-0.05, 0) is 36.8 Å². The summed E-state index contributed by atoms with van der Waals surface area (Å²) in [6, 6.07) is 14.4. The van der Waals surface area contributed by atoms with E-state index in [4.69, 9.17) is 11.6 Å². The van der Waals surface area contributed by atoms with Crippen molar-refractivity contribution in [1.82, 2.24) is 4.31 Å². The van der Waals surface area contributed by atoms with Gasteiger partial charge in [0.05, 0.1) is 6.26 Å². The Morgan fingerprint density at radius 3 is 2.44 bits per heavy atom. The molecule has 0 atom stereocenters. The standard InChI is InChI=1S/C18H21ClN2O3S/c1-14-4-3-5-15(12-14)13-21(25(2,23)24)11-10-18(22)20-17-8-6-16(19)7-9-17/h3-9,12H,10-11,13H2,1-2H3,(H,20,22). The second-order valence-electron chi connectivity index (χ2n) is 5.89. The van der Waals surface area contributed by atoms with E-state index in [9.17, 15) is 13.2 Å². The van der Waals surface area contributed by atoms with Gasteiger partial charge in [-0.1, -0.05) is 41.4 Å². The van der Waals surface area contributed by atoms with Crippen LogP contribution in [-0.2, 0) is 21.4 Å². The van der Waals surface area contributed by atoms with Crippen LogP contribution in [0.4, 0.5) is 5.69 Å². The van der Waals surface area contributed by atoms with E-state index in [2.05, 4.69) is 5.32 Å². The summed E-state index contributed by atoms with van der Waals surface area (Å²) in [7, 11) is -3.41. The number of aryl methyl sites for hydroxylation is 1. The van der Waals surface area contributed by atoms with Crippen molar-refractivity contribution in [3.63, 3.8) is 0 Å². The number of anilines is 1. The summed E-state index contributed by atoms with van der Waals surface area (Å²) in [4.78, 5) is 12.1. The van der Waals surface area contributed by atoms with Gasteiger partial charge in [-0.3, -0.25) is 4.79 Å². The predicted molar refractivity (Wildman–Crippen MR) is 101 cm³/mol. The molecule has 1 amide bonds. The van der Waals surface area contributed by atoms with Gasteiger partial charge in [-0.15, -0.1) is 0 Å². The molecular weight excluding hydrogens is 360 g/mol. The minimum absolute atomic E-state index is 0.0709. The maximum atomic E-state index is 12.1. The first-order valence-corrected chi connectivity index (χ1v) is 10.0. The highest BCUT2D eigenvalue weighted by molar-refractivity contribution is 7.88. The first-order chi connectivity index (χ1) is 11.7. The Morgan fingerprint density at radius 1 is 1.16 bits per heavy atom. The number of carbonyl (C=O) groups is 1. The van der Waals surface area contributed by atoms with Crippen LogP contribution in [0.1, 0.15) is 17.5 Å². The predicted octanol–water partition coefficient (Wildman–Crippen LogP) is 3.44. The number of nitrogens with one attached hydrogen (secondary N) is 1. The van der Waals surface area contributed by atoms with Crippen LogP contribution in [0.15, 0.2) is 48.5 Å². The van der Waals surface area contributed by atoms with Crippen LogP contribution < -0.4 is 5.32 Å². The second kappa shape index (κ2) is 8.47. The van der Waals surface area contributed by atoms with Gasteiger partial charge in [0.25, 0.3) is 0 Å². The Balaban J connectivity index is 1.98. The van der Waals surface area contributed by atoms with Crippen molar-refractivity contribution < 1.29 is 13.2 Å². The molecule has 0 saturated carbocycles. The van der Waals surface area contributed by atoms with Crippen LogP contribution in [0, 0.1) is 6.92 Å². The number of rotatable bonds is 7. The lowest BCUT2D eigenvalue weighted by molar-refractivity contribution is -0.116. The lowest BCUT2D eigenvalue weighted by Gasteiger charge is -2.20. The molecule has 0 bridgehead atoms. The molecule has 0 aliphatic carbocycles. The maximum absolute atomic E-state index is 12.1. The van der Waals surface area contributed by atoms with Crippen LogP contribution in [0.25, 0.3) is 0 Å². The highest BCUT2D eigenvalue weighted by Gasteiger charge is 2.18. The van der Waals surface area contributed by atoms with E-state index < -0.39 is 10.0 Å². The lowest BCUT2D eigenvalue weighted by Crippen LogP contribution is -2.32. The van der Waals surface area contributed by atoms with Crippen molar-refractivity contribution in [3.8, 4) is 0 Å². The van der Waals surface area contributed by atoms with Gasteiger partial charge < -0.3 is 5.32 Å². The summed E-state index contributed by atoms with van der Waals surface area (Å²) in [5.41, 5.74) is 2.58. The summed E-state index contributed by atoms with van der Waals surface area (Å²) in [6.07, 6.45) is 1.22. The van der Waals surface area contributed by atoms with Gasteiger partial charge in [0.2, 0.25) is 15.9 Å². The molecule has 0 heterocycles. The van der Waals surface area contributed by atoms with Crippen molar-refractivity contribution in [1.29, 1.82) is 0 Å². The van der Waals surface area contributed by atoms with E-state index in [0.717, 1.165) is 17.4 Å². The molecule has 0 aliphatic rings. The molecule has 0 aromatic heterocycles. The first kappa shape index (κ1) is 19.4. The van der Waals surface area contributed by atoms with Gasteiger partial charge >= 0.3 is 0 Å². The maximum Gasteiger partial charge on any atom is 0.225 e. The fraction of sp³-hybridized carbons (Fsp3) is 0.278. The number of hydrogen-bond donors (Lipinski definition) is 1. The second-order valence-corrected chi connectivity index (χ2v) is 8.31. The third kappa shape index (κ3) is 6.49. The molecule has 0 radical (unpaired) electrons. The Hall–Kier alpha value is -1.89. The van der Waals surface area contributed by atoms with Crippen LogP contribution in [0.3, 0.4) is 0 Å². The van der Waals surface area contributed by atoms with Crippen LogP contribution in [0.5, 0.6) is 0 Å². The van der Waals surface area contributed by atoms with E-state index in [1.807, 2.05) is 31.2 Å². The largest absolute Gasteiger partial charge is 0.326 e. The summed E-state index contributed by atoms with van der Waals surface area (Å²) >= 11 is 5.80. The first-order valence-electron chi connectivity index (χ1n) is 7.80. The molecule has 7 heteroatoms. The van der Waals surface area contributed by atoms with Gasteiger partial charge in [-0.25, -0.2) is 8.42 Å². The summed E-state index contributed by atoms with van der Waals surface area (Å²) in [6.45, 7) is 2.31. The van der Waals surface area contributed by atoms with Crippen LogP contribution in [-0.4, -0.2) is 31.4 Å². The number of hydrogen-bond acceptors (Lipinski definition) is 3. The van der Waals surface area contributed by atoms with Crippen molar-refractivity contribution in [3.05, 3.63) is 64.7 Å². The third-order valence-corrected chi connectivity index (χ3v) is 5.13. The number of nitrogens with zero attached hydrogens (tertiary/aromatic N) is 1. The SMILES string of the molecule is Cc1cccc(CN(CCC(=O)Nc2ccc(Cl)cc2)S(C)(=O)=O)c1. The quantitative estimate of drug-likeness (QED) is 0.800. The van der Waals surface area contributed by atoms with Gasteiger partial charge in [0, 0.05) is 30.2 Å². The highest BCUT2D eigenvalue weighted by atomic mass is 35.5. The zero-order valence-electron chi connectivity index (χ0n) is 14.2.